The third kappa shape index (κ3) is 10.4. The zero-order chi connectivity index (χ0) is 30.0. The third-order valence-electron chi connectivity index (χ3n) is 6.23. The lowest BCUT2D eigenvalue weighted by Gasteiger charge is -2.18. The first-order chi connectivity index (χ1) is 19.3. The first-order valence-corrected chi connectivity index (χ1v) is 13.0. The fourth-order valence-electron chi connectivity index (χ4n) is 4.00. The number of nitrogen functional groups attached to an aromatic ring is 2. The Hall–Kier alpha value is -4.08. The molecule has 0 aliphatic rings. The molecule has 0 aromatic heterocycles. The Balaban J connectivity index is 1.47. The maximum absolute atomic E-state index is 14.7. The molecule has 3 aromatic rings. The second-order valence-electron chi connectivity index (χ2n) is 9.61. The average Bonchev–Trinajstić information content (AvgIpc) is 2.90. The van der Waals surface area contributed by atoms with Crippen LogP contribution in [0.3, 0.4) is 0 Å². The van der Waals surface area contributed by atoms with Crippen LogP contribution in [0, 0.1) is 6.92 Å². The molecule has 3 aromatic carbocycles. The predicted molar refractivity (Wildman–Crippen MR) is 149 cm³/mol. The molecule has 0 amide bonds. The van der Waals surface area contributed by atoms with E-state index in [0.717, 1.165) is 5.56 Å². The number of halogens is 5. The Bertz CT molecular complexity index is 1310. The van der Waals surface area contributed by atoms with Crippen LogP contribution >= 0.6 is 0 Å². The third-order valence-corrected chi connectivity index (χ3v) is 6.23. The van der Waals surface area contributed by atoms with Crippen LogP contribution in [0.2, 0.25) is 0 Å². The van der Waals surface area contributed by atoms with Crippen molar-refractivity contribution in [2.24, 2.45) is 0 Å². The van der Waals surface area contributed by atoms with Gasteiger partial charge in [-0.25, -0.2) is 4.79 Å². The van der Waals surface area contributed by atoms with Crippen LogP contribution in [-0.2, 0) is 22.1 Å². The molecule has 5 nitrogen and oxygen atoms in total. The van der Waals surface area contributed by atoms with E-state index >= 15 is 0 Å². The highest BCUT2D eigenvalue weighted by molar-refractivity contribution is 5.87. The van der Waals surface area contributed by atoms with Gasteiger partial charge in [-0.1, -0.05) is 36.8 Å². The maximum atomic E-state index is 14.7. The fraction of sp³-hybridized carbons (Fsp3) is 0.290. The number of aryl methyl sites for hydroxylation is 1. The van der Waals surface area contributed by atoms with Gasteiger partial charge in [-0.05, 0) is 85.4 Å². The van der Waals surface area contributed by atoms with Gasteiger partial charge in [0.25, 0.3) is 0 Å². The lowest BCUT2D eigenvalue weighted by molar-refractivity contribution is -0.185. The van der Waals surface area contributed by atoms with Gasteiger partial charge in [-0.3, -0.25) is 0 Å². The van der Waals surface area contributed by atoms with Crippen LogP contribution < -0.4 is 16.2 Å². The minimum atomic E-state index is -4.15. The van der Waals surface area contributed by atoms with Crippen molar-refractivity contribution in [3.63, 3.8) is 0 Å². The predicted octanol–water partition coefficient (Wildman–Crippen LogP) is 7.82. The van der Waals surface area contributed by atoms with E-state index in [1.165, 1.54) is 48.6 Å². The van der Waals surface area contributed by atoms with Crippen molar-refractivity contribution < 1.29 is 36.2 Å². The van der Waals surface area contributed by atoms with Crippen LogP contribution in [-0.4, -0.2) is 18.8 Å². The molecule has 1 radical (unpaired) electrons. The number of benzene rings is 3. The standard InChI is InChI=1S/C31H32F5N2O3/c1-21(27-16-13-25(37)19-28(27)38)20-40-29(39)17-10-23-6-11-24(12-7-23)31(35,36)41-26-14-8-22(9-15-26)5-3-2-4-18-30(32,33)34/h6-17,19,21H,1-5,18,20,37-38H2/b17-10+. The number of nitrogens with two attached hydrogens (primary N) is 2. The van der Waals surface area contributed by atoms with Crippen molar-refractivity contribution in [3.05, 3.63) is 102 Å². The molecule has 41 heavy (non-hydrogen) atoms. The van der Waals surface area contributed by atoms with E-state index in [2.05, 4.69) is 6.92 Å². The molecular weight excluding hydrogens is 543 g/mol. The van der Waals surface area contributed by atoms with Gasteiger partial charge in [-0.2, -0.15) is 22.0 Å². The van der Waals surface area contributed by atoms with E-state index in [-0.39, 0.29) is 24.3 Å². The summed E-state index contributed by atoms with van der Waals surface area (Å²) in [6, 6.07) is 16.2. The summed E-state index contributed by atoms with van der Waals surface area (Å²) in [6.45, 7) is 3.93. The Morgan fingerprint density at radius 1 is 0.902 bits per heavy atom. The van der Waals surface area contributed by atoms with Gasteiger partial charge in [-0.15, -0.1) is 0 Å². The molecule has 4 N–H and O–H groups in total. The molecule has 0 aliphatic heterocycles. The Morgan fingerprint density at radius 3 is 2.22 bits per heavy atom. The molecule has 1 atom stereocenters. The van der Waals surface area contributed by atoms with E-state index in [1.807, 2.05) is 0 Å². The summed E-state index contributed by atoms with van der Waals surface area (Å²) >= 11 is 0. The van der Waals surface area contributed by atoms with Crippen LogP contribution in [0.4, 0.5) is 33.3 Å². The van der Waals surface area contributed by atoms with Crippen molar-refractivity contribution in [1.29, 1.82) is 0 Å². The second-order valence-corrected chi connectivity index (χ2v) is 9.61. The molecule has 219 valence electrons. The molecule has 0 fully saturated rings. The zero-order valence-electron chi connectivity index (χ0n) is 22.3. The van der Waals surface area contributed by atoms with E-state index in [4.69, 9.17) is 20.9 Å². The highest BCUT2D eigenvalue weighted by atomic mass is 19.4. The molecule has 0 spiro atoms. The first kappa shape index (κ1) is 31.4. The maximum Gasteiger partial charge on any atom is 0.426 e. The van der Waals surface area contributed by atoms with Gasteiger partial charge < -0.3 is 20.9 Å². The summed E-state index contributed by atoms with van der Waals surface area (Å²) in [5, 5.41) is 0. The largest absolute Gasteiger partial charge is 0.462 e. The molecule has 0 saturated carbocycles. The minimum absolute atomic E-state index is 0.0112. The zero-order valence-corrected chi connectivity index (χ0v) is 22.3. The topological polar surface area (TPSA) is 87.6 Å². The van der Waals surface area contributed by atoms with Crippen LogP contribution in [0.5, 0.6) is 5.75 Å². The lowest BCUT2D eigenvalue weighted by atomic mass is 10.00. The molecule has 0 aliphatic carbocycles. The second kappa shape index (κ2) is 14.0. The number of esters is 1. The molecule has 3 rings (SSSR count). The molecular formula is C31H32F5N2O3. The number of rotatable bonds is 13. The number of ether oxygens (including phenoxy) is 2. The number of hydrogen-bond donors (Lipinski definition) is 2. The number of carbonyl (C=O) groups is 1. The van der Waals surface area contributed by atoms with Gasteiger partial charge in [0.1, 0.15) is 5.75 Å². The van der Waals surface area contributed by atoms with Gasteiger partial charge >= 0.3 is 18.3 Å². The van der Waals surface area contributed by atoms with Crippen molar-refractivity contribution in [2.45, 2.75) is 50.3 Å². The lowest BCUT2D eigenvalue weighted by Crippen LogP contribution is -2.21. The number of alkyl halides is 5. The Morgan fingerprint density at radius 2 is 1.59 bits per heavy atom. The smallest absolute Gasteiger partial charge is 0.426 e. The molecule has 10 heteroatoms. The minimum Gasteiger partial charge on any atom is -0.462 e. The monoisotopic (exact) mass is 575 g/mol. The van der Waals surface area contributed by atoms with Gasteiger partial charge in [0, 0.05) is 29.8 Å². The summed E-state index contributed by atoms with van der Waals surface area (Å²) in [7, 11) is 0. The first-order valence-electron chi connectivity index (χ1n) is 13.0. The Kier molecular flexibility index (Phi) is 10.7. The van der Waals surface area contributed by atoms with Crippen LogP contribution in [0.15, 0.2) is 72.8 Å². The van der Waals surface area contributed by atoms with Crippen molar-refractivity contribution in [3.8, 4) is 5.75 Å². The highest BCUT2D eigenvalue weighted by Gasteiger charge is 2.34. The molecule has 0 heterocycles. The van der Waals surface area contributed by atoms with Crippen molar-refractivity contribution in [1.82, 2.24) is 0 Å². The van der Waals surface area contributed by atoms with Crippen molar-refractivity contribution >= 4 is 23.4 Å². The van der Waals surface area contributed by atoms with E-state index in [1.54, 1.807) is 30.3 Å². The number of hydrogen-bond acceptors (Lipinski definition) is 5. The fourth-order valence-corrected chi connectivity index (χ4v) is 4.00. The normalized spacial score (nSPS) is 12.8. The summed E-state index contributed by atoms with van der Waals surface area (Å²) < 4.78 is 76.1. The quantitative estimate of drug-likeness (QED) is 0.0714. The summed E-state index contributed by atoms with van der Waals surface area (Å²) in [4.78, 5) is 12.1. The highest BCUT2D eigenvalue weighted by Crippen LogP contribution is 2.32. The SMILES string of the molecule is [CH2]C(COC(=O)/C=C/c1ccc(C(F)(F)Oc2ccc(CCCCCC(F)(F)F)cc2)cc1)c1ccc(N)cc1N. The van der Waals surface area contributed by atoms with E-state index < -0.39 is 30.6 Å². The molecule has 0 bridgehead atoms. The Labute approximate surface area is 235 Å². The number of unbranched alkanes of at least 4 members (excludes halogenated alkanes) is 2. The van der Waals surface area contributed by atoms with E-state index in [9.17, 15) is 26.7 Å². The molecule has 0 saturated heterocycles. The van der Waals surface area contributed by atoms with Crippen molar-refractivity contribution in [2.75, 3.05) is 18.1 Å². The summed E-state index contributed by atoms with van der Waals surface area (Å²) in [5.41, 5.74) is 14.2. The summed E-state index contributed by atoms with van der Waals surface area (Å²) in [5.74, 6) is -1.08. The summed E-state index contributed by atoms with van der Waals surface area (Å²) in [6.07, 6.45) is -4.35. The molecule has 1 unspecified atom stereocenters. The van der Waals surface area contributed by atoms with Gasteiger partial charge in [0.05, 0.1) is 12.2 Å². The van der Waals surface area contributed by atoms with Crippen LogP contribution in [0.1, 0.15) is 53.9 Å². The average molecular weight is 576 g/mol. The number of anilines is 2. The van der Waals surface area contributed by atoms with Gasteiger partial charge in [0.2, 0.25) is 0 Å². The number of carbonyl (C=O) groups excluding carboxylic acids is 1. The van der Waals surface area contributed by atoms with Crippen LogP contribution in [0.25, 0.3) is 6.08 Å². The van der Waals surface area contributed by atoms with E-state index in [0.29, 0.717) is 41.8 Å². The van der Waals surface area contributed by atoms with Gasteiger partial charge in [0.15, 0.2) is 0 Å².